The van der Waals surface area contributed by atoms with E-state index in [2.05, 4.69) is 19.1 Å². The summed E-state index contributed by atoms with van der Waals surface area (Å²) < 4.78 is 0. The highest BCUT2D eigenvalue weighted by atomic mass is 35.5. The number of benzene rings is 2. The minimum Gasteiger partial charge on any atom is -0.511 e. The molecule has 0 fully saturated rings. The predicted octanol–water partition coefficient (Wildman–Crippen LogP) is 5.61. The molecule has 2 aromatic carbocycles. The highest BCUT2D eigenvalue weighted by molar-refractivity contribution is 6.30. The van der Waals surface area contributed by atoms with Crippen LogP contribution in [0.1, 0.15) is 24.5 Å². The number of aryl methyl sites for hydroxylation is 1. The van der Waals surface area contributed by atoms with Crippen LogP contribution in [0.25, 0.3) is 16.7 Å². The van der Waals surface area contributed by atoms with Gasteiger partial charge in [0.15, 0.2) is 5.78 Å². The normalized spacial score (nSPS) is 21.9. The molecule has 0 saturated carbocycles. The third-order valence-corrected chi connectivity index (χ3v) is 5.46. The number of carbonyl (C=O) groups excluding carboxylic acids is 1. The van der Waals surface area contributed by atoms with Crippen LogP contribution in [0, 0.1) is 11.8 Å². The van der Waals surface area contributed by atoms with Crippen LogP contribution in [0.4, 0.5) is 0 Å². The number of halogens is 1. The van der Waals surface area contributed by atoms with Crippen LogP contribution >= 0.6 is 11.6 Å². The molecule has 2 bridgehead atoms. The molecule has 0 aromatic heterocycles. The van der Waals surface area contributed by atoms with Gasteiger partial charge in [0.2, 0.25) is 0 Å². The van der Waals surface area contributed by atoms with Crippen molar-refractivity contribution in [1.82, 2.24) is 0 Å². The second-order valence-corrected chi connectivity index (χ2v) is 7.13. The molecule has 0 unspecified atom stereocenters. The maximum absolute atomic E-state index is 12.9. The van der Waals surface area contributed by atoms with Gasteiger partial charge >= 0.3 is 0 Å². The van der Waals surface area contributed by atoms with Crippen LogP contribution in [-0.4, -0.2) is 10.9 Å². The highest BCUT2D eigenvalue weighted by Gasteiger charge is 2.38. The molecule has 126 valence electrons. The van der Waals surface area contributed by atoms with Crippen molar-refractivity contribution < 1.29 is 9.90 Å². The van der Waals surface area contributed by atoms with Crippen LogP contribution in [0.5, 0.6) is 0 Å². The van der Waals surface area contributed by atoms with Gasteiger partial charge in [0.25, 0.3) is 0 Å². The van der Waals surface area contributed by atoms with Crippen LogP contribution in [-0.2, 0) is 11.2 Å². The lowest BCUT2D eigenvalue weighted by Gasteiger charge is -2.24. The summed E-state index contributed by atoms with van der Waals surface area (Å²) in [4.78, 5) is 12.9. The number of hydrogen-bond donors (Lipinski definition) is 1. The van der Waals surface area contributed by atoms with Crippen molar-refractivity contribution >= 4 is 23.0 Å². The van der Waals surface area contributed by atoms with Crippen molar-refractivity contribution in [2.45, 2.75) is 19.8 Å². The summed E-state index contributed by atoms with van der Waals surface area (Å²) in [6, 6.07) is 13.8. The molecule has 2 aliphatic rings. The summed E-state index contributed by atoms with van der Waals surface area (Å²) in [6.45, 7) is 2.07. The first-order chi connectivity index (χ1) is 12.1. The van der Waals surface area contributed by atoms with Gasteiger partial charge in [0.1, 0.15) is 5.76 Å². The van der Waals surface area contributed by atoms with Crippen molar-refractivity contribution in [1.29, 1.82) is 0 Å². The van der Waals surface area contributed by atoms with E-state index in [1.165, 1.54) is 0 Å². The quantitative estimate of drug-likeness (QED) is 0.730. The highest BCUT2D eigenvalue weighted by Crippen LogP contribution is 2.42. The molecule has 0 heterocycles. The van der Waals surface area contributed by atoms with E-state index in [1.807, 2.05) is 42.5 Å². The number of aliphatic hydroxyl groups excluding tert-OH is 1. The lowest BCUT2D eigenvalue weighted by Crippen LogP contribution is -2.22. The Kier molecular flexibility index (Phi) is 4.01. The number of Topliss-reactive ketones (excluding diaryl/α,β-unsaturated/α-hetero) is 1. The number of fused-ring (bicyclic) bond motifs is 2. The molecular formula is C22H19ClO2. The van der Waals surface area contributed by atoms with E-state index in [0.29, 0.717) is 17.0 Å². The van der Waals surface area contributed by atoms with E-state index >= 15 is 0 Å². The zero-order chi connectivity index (χ0) is 17.6. The van der Waals surface area contributed by atoms with Crippen LogP contribution in [0.3, 0.4) is 0 Å². The first kappa shape index (κ1) is 16.2. The average molecular weight is 351 g/mol. The SMILES string of the molecule is CCc1ccc(-c2ccc(Cl)cc2)cc1C1=C(O)[C@@H]2C=C[C@@H](C2)C1=O. The third kappa shape index (κ3) is 2.71. The standard InChI is InChI=1S/C22H19ClO2/c1-2-13-3-4-15(14-7-9-18(23)10-8-14)12-19(13)20-21(24)16-5-6-17(11-16)22(20)25/h3-10,12,16-17,24H,2,11H2,1H3/t16-,17+/m1/s1. The van der Waals surface area contributed by atoms with Crippen LogP contribution in [0.15, 0.2) is 60.4 Å². The van der Waals surface area contributed by atoms with Gasteiger partial charge in [-0.3, -0.25) is 4.79 Å². The van der Waals surface area contributed by atoms with E-state index in [9.17, 15) is 9.90 Å². The molecule has 2 nitrogen and oxygen atoms in total. The number of rotatable bonds is 3. The number of aliphatic hydroxyl groups is 1. The van der Waals surface area contributed by atoms with Gasteiger partial charge in [-0.2, -0.15) is 0 Å². The number of ketones is 1. The second-order valence-electron chi connectivity index (χ2n) is 6.69. The van der Waals surface area contributed by atoms with Gasteiger partial charge < -0.3 is 5.11 Å². The number of hydrogen-bond acceptors (Lipinski definition) is 2. The van der Waals surface area contributed by atoms with E-state index in [-0.39, 0.29) is 23.4 Å². The zero-order valence-electron chi connectivity index (χ0n) is 14.0. The minimum atomic E-state index is -0.0974. The van der Waals surface area contributed by atoms with E-state index in [4.69, 9.17) is 11.6 Å². The lowest BCUT2D eigenvalue weighted by molar-refractivity contribution is -0.116. The molecule has 0 aliphatic heterocycles. The maximum Gasteiger partial charge on any atom is 0.173 e. The Balaban J connectivity index is 1.86. The first-order valence-electron chi connectivity index (χ1n) is 8.63. The second kappa shape index (κ2) is 6.20. The molecule has 2 atom stereocenters. The fraction of sp³-hybridized carbons (Fsp3) is 0.227. The van der Waals surface area contributed by atoms with Crippen molar-refractivity contribution in [3.05, 3.63) is 76.5 Å². The topological polar surface area (TPSA) is 37.3 Å². The fourth-order valence-electron chi connectivity index (χ4n) is 3.80. The van der Waals surface area contributed by atoms with Gasteiger partial charge in [-0.25, -0.2) is 0 Å². The van der Waals surface area contributed by atoms with E-state index in [1.54, 1.807) is 0 Å². The van der Waals surface area contributed by atoms with Crippen molar-refractivity contribution in [3.8, 4) is 11.1 Å². The Bertz CT molecular complexity index is 906. The molecule has 1 N–H and O–H groups in total. The monoisotopic (exact) mass is 350 g/mol. The largest absolute Gasteiger partial charge is 0.511 e. The summed E-state index contributed by atoms with van der Waals surface area (Å²) in [5.74, 6) is 0.129. The summed E-state index contributed by atoms with van der Waals surface area (Å²) >= 11 is 5.98. The van der Waals surface area contributed by atoms with Crippen molar-refractivity contribution in [2.75, 3.05) is 0 Å². The Hall–Kier alpha value is -2.32. The van der Waals surface area contributed by atoms with Gasteiger partial charge in [0, 0.05) is 16.9 Å². The molecule has 25 heavy (non-hydrogen) atoms. The smallest absolute Gasteiger partial charge is 0.173 e. The van der Waals surface area contributed by atoms with E-state index in [0.717, 1.165) is 28.7 Å². The Labute approximate surface area is 152 Å². The molecule has 2 aliphatic carbocycles. The third-order valence-electron chi connectivity index (χ3n) is 5.21. The first-order valence-corrected chi connectivity index (χ1v) is 9.01. The van der Waals surface area contributed by atoms with Crippen LogP contribution < -0.4 is 0 Å². The summed E-state index contributed by atoms with van der Waals surface area (Å²) in [7, 11) is 0. The zero-order valence-corrected chi connectivity index (χ0v) is 14.8. The van der Waals surface area contributed by atoms with Gasteiger partial charge in [-0.15, -0.1) is 0 Å². The lowest BCUT2D eigenvalue weighted by atomic mass is 9.80. The molecule has 0 spiro atoms. The molecule has 0 amide bonds. The summed E-state index contributed by atoms with van der Waals surface area (Å²) in [5.41, 5.74) is 4.49. The fourth-order valence-corrected chi connectivity index (χ4v) is 3.93. The van der Waals surface area contributed by atoms with Gasteiger partial charge in [-0.1, -0.05) is 54.9 Å². The summed E-state index contributed by atoms with van der Waals surface area (Å²) in [5, 5.41) is 11.4. The Morgan fingerprint density at radius 2 is 1.72 bits per heavy atom. The molecule has 0 saturated heterocycles. The predicted molar refractivity (Wildman–Crippen MR) is 102 cm³/mol. The van der Waals surface area contributed by atoms with E-state index < -0.39 is 0 Å². The molecule has 2 aromatic rings. The van der Waals surface area contributed by atoms with Crippen molar-refractivity contribution in [3.63, 3.8) is 0 Å². The number of allylic oxidation sites excluding steroid dienone is 3. The number of carbonyl (C=O) groups is 1. The van der Waals surface area contributed by atoms with Gasteiger partial charge in [0.05, 0.1) is 5.57 Å². The van der Waals surface area contributed by atoms with Crippen LogP contribution in [0.2, 0.25) is 5.02 Å². The molecule has 4 rings (SSSR count). The maximum atomic E-state index is 12.9. The Morgan fingerprint density at radius 1 is 1.04 bits per heavy atom. The summed E-state index contributed by atoms with van der Waals surface area (Å²) in [6.07, 6.45) is 5.40. The average Bonchev–Trinajstić information content (AvgIpc) is 3.08. The Morgan fingerprint density at radius 3 is 2.44 bits per heavy atom. The molecular weight excluding hydrogens is 332 g/mol. The minimum absolute atomic E-state index is 0.0263. The van der Waals surface area contributed by atoms with Gasteiger partial charge in [-0.05, 0) is 53.3 Å². The molecule has 3 heteroatoms. The molecule has 0 radical (unpaired) electrons. The van der Waals surface area contributed by atoms with Crippen molar-refractivity contribution in [2.24, 2.45) is 11.8 Å².